The number of aryl methyl sites for hydroxylation is 1. The van der Waals surface area contributed by atoms with Crippen LogP contribution in [0.3, 0.4) is 0 Å². The van der Waals surface area contributed by atoms with Crippen molar-refractivity contribution in [1.82, 2.24) is 14.8 Å². The van der Waals surface area contributed by atoms with Gasteiger partial charge in [0.25, 0.3) is 0 Å². The molecule has 5 nitrogen and oxygen atoms in total. The molecule has 5 heteroatoms. The van der Waals surface area contributed by atoms with E-state index in [-0.39, 0.29) is 10.8 Å². The van der Waals surface area contributed by atoms with E-state index in [4.69, 9.17) is 4.42 Å². The lowest BCUT2D eigenvalue weighted by molar-refractivity contribution is 0.491. The number of hydrogen-bond donors (Lipinski definition) is 0. The van der Waals surface area contributed by atoms with Gasteiger partial charge in [0, 0.05) is 5.39 Å². The fourth-order valence-electron chi connectivity index (χ4n) is 3.73. The van der Waals surface area contributed by atoms with Crippen molar-refractivity contribution in [2.24, 2.45) is 5.41 Å². The molecule has 0 saturated heterocycles. The molecule has 1 spiro atoms. The van der Waals surface area contributed by atoms with E-state index in [1.807, 2.05) is 13.0 Å². The first-order valence-corrected chi connectivity index (χ1v) is 7.50. The number of aromatic nitrogens is 3. The highest BCUT2D eigenvalue weighted by molar-refractivity contribution is 5.81. The van der Waals surface area contributed by atoms with Crippen LogP contribution in [-0.4, -0.2) is 14.8 Å². The summed E-state index contributed by atoms with van der Waals surface area (Å²) in [6.07, 6.45) is 6.84. The van der Waals surface area contributed by atoms with Gasteiger partial charge in [-0.1, -0.05) is 12.1 Å². The Morgan fingerprint density at radius 1 is 1.32 bits per heavy atom. The highest BCUT2D eigenvalue weighted by Gasteiger charge is 2.75. The molecule has 22 heavy (non-hydrogen) atoms. The molecule has 2 aromatic heterocycles. The molecule has 3 aromatic rings. The van der Waals surface area contributed by atoms with E-state index in [0.717, 1.165) is 28.6 Å². The first-order valence-electron chi connectivity index (χ1n) is 7.50. The largest absolute Gasteiger partial charge is 0.427 e. The Labute approximate surface area is 127 Å². The number of fused-ring (bicyclic) bond motifs is 1. The van der Waals surface area contributed by atoms with Gasteiger partial charge in [0.15, 0.2) is 0 Å². The third kappa shape index (κ3) is 1.32. The maximum atomic E-state index is 9.69. The molecular formula is C17H14N4O. The fourth-order valence-corrected chi connectivity index (χ4v) is 3.73. The van der Waals surface area contributed by atoms with Crippen LogP contribution in [-0.2, 0) is 5.41 Å². The lowest BCUT2D eigenvalue weighted by Crippen LogP contribution is -2.07. The van der Waals surface area contributed by atoms with Crippen LogP contribution in [0.25, 0.3) is 16.9 Å². The van der Waals surface area contributed by atoms with Gasteiger partial charge < -0.3 is 4.42 Å². The lowest BCUT2D eigenvalue weighted by Gasteiger charge is -2.09. The third-order valence-electron chi connectivity index (χ3n) is 5.28. The van der Waals surface area contributed by atoms with Crippen molar-refractivity contribution in [3.63, 3.8) is 0 Å². The number of hydrogen-bond acceptors (Lipinski definition) is 4. The summed E-state index contributed by atoms with van der Waals surface area (Å²) in [4.78, 5) is 4.25. The van der Waals surface area contributed by atoms with Gasteiger partial charge in [0.05, 0.1) is 29.4 Å². The van der Waals surface area contributed by atoms with Crippen LogP contribution in [0.4, 0.5) is 0 Å². The molecule has 0 bridgehead atoms. The van der Waals surface area contributed by atoms with E-state index in [1.165, 1.54) is 12.8 Å². The zero-order valence-corrected chi connectivity index (χ0v) is 12.2. The van der Waals surface area contributed by atoms with E-state index in [9.17, 15) is 5.26 Å². The van der Waals surface area contributed by atoms with E-state index in [2.05, 4.69) is 28.3 Å². The highest BCUT2D eigenvalue weighted by Crippen LogP contribution is 2.78. The normalized spacial score (nSPS) is 24.5. The fraction of sp³-hybridized carbons (Fsp3) is 0.353. The van der Waals surface area contributed by atoms with Gasteiger partial charge in [-0.3, -0.25) is 0 Å². The van der Waals surface area contributed by atoms with E-state index >= 15 is 0 Å². The van der Waals surface area contributed by atoms with Crippen LogP contribution in [0.2, 0.25) is 0 Å². The highest BCUT2D eigenvalue weighted by atomic mass is 16.4. The van der Waals surface area contributed by atoms with Crippen molar-refractivity contribution in [1.29, 1.82) is 5.26 Å². The summed E-state index contributed by atoms with van der Waals surface area (Å²) in [6, 6.07) is 9.23. The van der Waals surface area contributed by atoms with Gasteiger partial charge in [-0.05, 0) is 43.2 Å². The first kappa shape index (κ1) is 12.0. The third-order valence-corrected chi connectivity index (χ3v) is 5.28. The Bertz CT molecular complexity index is 957. The Morgan fingerprint density at radius 2 is 2.18 bits per heavy atom. The number of nitriles is 1. The van der Waals surface area contributed by atoms with Crippen molar-refractivity contribution in [2.45, 2.75) is 31.6 Å². The van der Waals surface area contributed by atoms with Crippen molar-refractivity contribution in [3.8, 4) is 12.1 Å². The summed E-state index contributed by atoms with van der Waals surface area (Å²) in [7, 11) is 0. The summed E-state index contributed by atoms with van der Waals surface area (Å²) in [5.74, 6) is 0.752. The summed E-state index contributed by atoms with van der Waals surface area (Å²) in [5, 5.41) is 15.1. The Hall–Kier alpha value is -2.61. The van der Waals surface area contributed by atoms with Crippen molar-refractivity contribution in [3.05, 3.63) is 41.9 Å². The Morgan fingerprint density at radius 3 is 2.82 bits per heavy atom. The van der Waals surface area contributed by atoms with Crippen LogP contribution < -0.4 is 0 Å². The van der Waals surface area contributed by atoms with Gasteiger partial charge >= 0.3 is 6.01 Å². The molecule has 0 amide bonds. The minimum Gasteiger partial charge on any atom is -0.427 e. The minimum atomic E-state index is -0.289. The molecule has 1 unspecified atom stereocenters. The average Bonchev–Trinajstić information content (AvgIpc) is 3.32. The van der Waals surface area contributed by atoms with Crippen LogP contribution >= 0.6 is 0 Å². The van der Waals surface area contributed by atoms with Crippen LogP contribution in [0.5, 0.6) is 0 Å². The molecule has 1 atom stereocenters. The van der Waals surface area contributed by atoms with E-state index < -0.39 is 0 Å². The van der Waals surface area contributed by atoms with Gasteiger partial charge in [0.1, 0.15) is 5.76 Å². The second-order valence-corrected chi connectivity index (χ2v) is 6.56. The van der Waals surface area contributed by atoms with E-state index in [0.29, 0.717) is 6.01 Å². The standard InChI is InChI=1S/C17H14N4O/c1-11-7-19-15(22-11)21-14-6-13(3-2-12(14)8-20-21)17(10-18)9-16(17)4-5-16/h2-3,6-8H,4-5,9H2,1H3. The zero-order chi connectivity index (χ0) is 14.9. The number of benzene rings is 1. The molecule has 1 aromatic carbocycles. The SMILES string of the molecule is Cc1cnc(-n2ncc3ccc(C4(C#N)CC45CC5)cc32)o1. The first-order chi connectivity index (χ1) is 10.7. The number of rotatable bonds is 2. The van der Waals surface area contributed by atoms with Crippen LogP contribution in [0.1, 0.15) is 30.6 Å². The molecular weight excluding hydrogens is 276 g/mol. The maximum absolute atomic E-state index is 9.69. The predicted molar refractivity (Wildman–Crippen MR) is 79.4 cm³/mol. The van der Waals surface area contributed by atoms with Crippen molar-refractivity contribution in [2.75, 3.05) is 0 Å². The molecule has 2 heterocycles. The van der Waals surface area contributed by atoms with E-state index in [1.54, 1.807) is 17.1 Å². The smallest absolute Gasteiger partial charge is 0.323 e. The summed E-state index contributed by atoms with van der Waals surface area (Å²) in [5.41, 5.74) is 2.02. The molecule has 108 valence electrons. The maximum Gasteiger partial charge on any atom is 0.323 e. The van der Waals surface area contributed by atoms with Crippen molar-refractivity contribution < 1.29 is 4.42 Å². The van der Waals surface area contributed by atoms with Gasteiger partial charge in [-0.15, -0.1) is 0 Å². The predicted octanol–water partition coefficient (Wildman–Crippen LogP) is 3.27. The lowest BCUT2D eigenvalue weighted by atomic mass is 9.93. The average molecular weight is 290 g/mol. The molecule has 0 aliphatic heterocycles. The zero-order valence-electron chi connectivity index (χ0n) is 12.2. The molecule has 2 fully saturated rings. The summed E-state index contributed by atoms with van der Waals surface area (Å²) >= 11 is 0. The minimum absolute atomic E-state index is 0.264. The molecule has 2 saturated carbocycles. The summed E-state index contributed by atoms with van der Waals surface area (Å²) in [6.45, 7) is 1.86. The van der Waals surface area contributed by atoms with Gasteiger partial charge in [0.2, 0.25) is 0 Å². The topological polar surface area (TPSA) is 67.6 Å². The monoisotopic (exact) mass is 290 g/mol. The second kappa shape index (κ2) is 3.58. The molecule has 0 radical (unpaired) electrons. The van der Waals surface area contributed by atoms with Gasteiger partial charge in [-0.25, -0.2) is 0 Å². The van der Waals surface area contributed by atoms with Crippen LogP contribution in [0.15, 0.2) is 35.0 Å². The van der Waals surface area contributed by atoms with Gasteiger partial charge in [-0.2, -0.15) is 20.0 Å². The quantitative estimate of drug-likeness (QED) is 0.726. The molecule has 0 N–H and O–H groups in total. The number of nitrogens with zero attached hydrogens (tertiary/aromatic N) is 4. The molecule has 5 rings (SSSR count). The summed E-state index contributed by atoms with van der Waals surface area (Å²) < 4.78 is 7.29. The Kier molecular flexibility index (Phi) is 1.95. The molecule has 2 aliphatic carbocycles. The Balaban J connectivity index is 1.69. The second-order valence-electron chi connectivity index (χ2n) is 6.56. The molecule has 2 aliphatic rings. The van der Waals surface area contributed by atoms with Crippen LogP contribution in [0, 0.1) is 23.7 Å². The van der Waals surface area contributed by atoms with Crippen molar-refractivity contribution >= 4 is 10.9 Å². The number of oxazole rings is 1.